The molecule has 9 heteroatoms. The Kier molecular flexibility index (Phi) is 6.11. The standard InChI is InChI=1S/C19H28BFN2O5/c1-17(2,3)26-16(25)23-22-15(24)10-12-8-9-13(11-14(12)21)20-27-18(4,5)19(6,7)28-20/h8-9,11H,10H2,1-7H3,(H,22,24)(H,23,25). The second kappa shape index (κ2) is 7.71. The van der Waals surface area contributed by atoms with Gasteiger partial charge in [-0.3, -0.25) is 10.2 Å². The first kappa shape index (κ1) is 22.2. The molecular weight excluding hydrogens is 366 g/mol. The van der Waals surface area contributed by atoms with Gasteiger partial charge in [0.05, 0.1) is 17.6 Å². The Hall–Kier alpha value is -2.13. The summed E-state index contributed by atoms with van der Waals surface area (Å²) in [5, 5.41) is 0. The molecule has 1 saturated heterocycles. The van der Waals surface area contributed by atoms with Crippen molar-refractivity contribution in [2.24, 2.45) is 0 Å². The molecule has 2 rings (SSSR count). The van der Waals surface area contributed by atoms with Crippen LogP contribution in [0, 0.1) is 5.82 Å². The van der Waals surface area contributed by atoms with Gasteiger partial charge in [-0.25, -0.2) is 14.6 Å². The van der Waals surface area contributed by atoms with Crippen molar-refractivity contribution in [1.82, 2.24) is 10.9 Å². The molecule has 2 amide bonds. The monoisotopic (exact) mass is 394 g/mol. The molecule has 7 nitrogen and oxygen atoms in total. The zero-order chi connectivity index (χ0) is 21.3. The summed E-state index contributed by atoms with van der Waals surface area (Å²) in [7, 11) is -0.684. The molecule has 0 aromatic heterocycles. The lowest BCUT2D eigenvalue weighted by Gasteiger charge is -2.32. The summed E-state index contributed by atoms with van der Waals surface area (Å²) >= 11 is 0. The van der Waals surface area contributed by atoms with Crippen LogP contribution in [0.3, 0.4) is 0 Å². The van der Waals surface area contributed by atoms with Crippen LogP contribution in [0.1, 0.15) is 54.0 Å². The minimum absolute atomic E-state index is 0.184. The van der Waals surface area contributed by atoms with Gasteiger partial charge in [0.1, 0.15) is 11.4 Å². The van der Waals surface area contributed by atoms with Crippen molar-refractivity contribution in [1.29, 1.82) is 0 Å². The molecular formula is C19H28BFN2O5. The van der Waals surface area contributed by atoms with Crippen LogP contribution in [0.25, 0.3) is 0 Å². The van der Waals surface area contributed by atoms with E-state index in [0.29, 0.717) is 5.46 Å². The average Bonchev–Trinajstić information content (AvgIpc) is 2.74. The molecule has 0 radical (unpaired) electrons. The molecule has 1 aliphatic rings. The van der Waals surface area contributed by atoms with E-state index in [1.807, 2.05) is 27.7 Å². The third kappa shape index (κ3) is 5.45. The van der Waals surface area contributed by atoms with E-state index in [1.165, 1.54) is 12.1 Å². The molecule has 1 aromatic rings. The van der Waals surface area contributed by atoms with E-state index in [-0.39, 0.29) is 12.0 Å². The van der Waals surface area contributed by atoms with Crippen molar-refractivity contribution in [3.05, 3.63) is 29.6 Å². The summed E-state index contributed by atoms with van der Waals surface area (Å²) in [6.07, 6.45) is -1.04. The summed E-state index contributed by atoms with van der Waals surface area (Å²) in [6, 6.07) is 4.46. The van der Waals surface area contributed by atoms with Crippen molar-refractivity contribution in [3.63, 3.8) is 0 Å². The average molecular weight is 394 g/mol. The Morgan fingerprint density at radius 1 is 1.11 bits per heavy atom. The van der Waals surface area contributed by atoms with Crippen molar-refractivity contribution in [2.75, 3.05) is 0 Å². The molecule has 0 saturated carbocycles. The van der Waals surface area contributed by atoms with Crippen LogP contribution in [0.15, 0.2) is 18.2 Å². The van der Waals surface area contributed by atoms with Crippen molar-refractivity contribution in [2.45, 2.75) is 71.7 Å². The van der Waals surface area contributed by atoms with E-state index in [1.54, 1.807) is 26.8 Å². The molecule has 28 heavy (non-hydrogen) atoms. The van der Waals surface area contributed by atoms with E-state index in [4.69, 9.17) is 14.0 Å². The van der Waals surface area contributed by atoms with Gasteiger partial charge in [0.15, 0.2) is 0 Å². The molecule has 0 spiro atoms. The number of benzene rings is 1. The Bertz CT molecular complexity index is 745. The highest BCUT2D eigenvalue weighted by Gasteiger charge is 2.51. The Morgan fingerprint density at radius 2 is 1.68 bits per heavy atom. The van der Waals surface area contributed by atoms with Crippen LogP contribution < -0.4 is 16.3 Å². The van der Waals surface area contributed by atoms with Gasteiger partial charge in [-0.15, -0.1) is 0 Å². The van der Waals surface area contributed by atoms with Crippen LogP contribution in [0.4, 0.5) is 9.18 Å². The molecule has 154 valence electrons. The fourth-order valence-electron chi connectivity index (χ4n) is 2.47. The van der Waals surface area contributed by atoms with Crippen molar-refractivity contribution in [3.8, 4) is 0 Å². The molecule has 1 heterocycles. The summed E-state index contributed by atoms with van der Waals surface area (Å²) in [5.41, 5.74) is 3.29. The van der Waals surface area contributed by atoms with E-state index in [2.05, 4.69) is 10.9 Å². The number of rotatable bonds is 3. The number of ether oxygens (including phenoxy) is 1. The van der Waals surface area contributed by atoms with Crippen molar-refractivity contribution < 1.29 is 28.0 Å². The lowest BCUT2D eigenvalue weighted by molar-refractivity contribution is -0.121. The van der Waals surface area contributed by atoms with Gasteiger partial charge in [0, 0.05) is 0 Å². The van der Waals surface area contributed by atoms with Crippen LogP contribution in [-0.2, 0) is 25.3 Å². The van der Waals surface area contributed by atoms with Crippen LogP contribution >= 0.6 is 0 Å². The maximum atomic E-state index is 14.5. The first-order valence-corrected chi connectivity index (χ1v) is 9.12. The molecule has 0 atom stereocenters. The fourth-order valence-corrected chi connectivity index (χ4v) is 2.47. The second-order valence-electron chi connectivity index (χ2n) is 8.79. The minimum atomic E-state index is -0.794. The highest BCUT2D eigenvalue weighted by Crippen LogP contribution is 2.36. The Morgan fingerprint density at radius 3 is 2.18 bits per heavy atom. The molecule has 0 bridgehead atoms. The number of hydrogen-bond acceptors (Lipinski definition) is 5. The highest BCUT2D eigenvalue weighted by molar-refractivity contribution is 6.62. The van der Waals surface area contributed by atoms with Crippen LogP contribution in [0.5, 0.6) is 0 Å². The van der Waals surface area contributed by atoms with Gasteiger partial charge in [-0.05, 0) is 65.6 Å². The first-order valence-electron chi connectivity index (χ1n) is 9.12. The van der Waals surface area contributed by atoms with E-state index < -0.39 is 41.7 Å². The number of halogens is 1. The zero-order valence-electron chi connectivity index (χ0n) is 17.4. The summed E-state index contributed by atoms with van der Waals surface area (Å²) in [4.78, 5) is 23.5. The predicted molar refractivity (Wildman–Crippen MR) is 103 cm³/mol. The first-order chi connectivity index (χ1) is 12.7. The van der Waals surface area contributed by atoms with E-state index in [0.717, 1.165) is 0 Å². The third-order valence-corrected chi connectivity index (χ3v) is 4.66. The maximum Gasteiger partial charge on any atom is 0.494 e. The van der Waals surface area contributed by atoms with Crippen LogP contribution in [0.2, 0.25) is 0 Å². The van der Waals surface area contributed by atoms with Gasteiger partial charge in [-0.1, -0.05) is 12.1 Å². The summed E-state index contributed by atoms with van der Waals surface area (Å²) < 4.78 is 31.3. The minimum Gasteiger partial charge on any atom is -0.443 e. The molecule has 0 unspecified atom stereocenters. The predicted octanol–water partition coefficient (Wildman–Crippen LogP) is 2.22. The number of amides is 2. The molecule has 2 N–H and O–H groups in total. The molecule has 1 aliphatic heterocycles. The third-order valence-electron chi connectivity index (χ3n) is 4.66. The van der Waals surface area contributed by atoms with E-state index >= 15 is 0 Å². The molecule has 1 fully saturated rings. The fraction of sp³-hybridized carbons (Fsp3) is 0.579. The summed E-state index contributed by atoms with van der Waals surface area (Å²) in [5.74, 6) is -1.13. The summed E-state index contributed by atoms with van der Waals surface area (Å²) in [6.45, 7) is 12.8. The zero-order valence-corrected chi connectivity index (χ0v) is 17.4. The lowest BCUT2D eigenvalue weighted by atomic mass is 9.78. The number of nitrogens with one attached hydrogen (secondary N) is 2. The quantitative estimate of drug-likeness (QED) is 0.607. The SMILES string of the molecule is CC(C)(C)OC(=O)NNC(=O)Cc1ccc(B2OC(C)(C)C(C)(C)O2)cc1F. The number of hydrogen-bond donors (Lipinski definition) is 2. The normalized spacial score (nSPS) is 17.9. The largest absolute Gasteiger partial charge is 0.494 e. The maximum absolute atomic E-state index is 14.5. The van der Waals surface area contributed by atoms with Gasteiger partial charge >= 0.3 is 13.2 Å². The smallest absolute Gasteiger partial charge is 0.443 e. The Balaban J connectivity index is 1.96. The molecule has 0 aliphatic carbocycles. The topological polar surface area (TPSA) is 85.9 Å². The highest BCUT2D eigenvalue weighted by atomic mass is 19.1. The van der Waals surface area contributed by atoms with Gasteiger partial charge in [0.2, 0.25) is 5.91 Å². The number of carbonyl (C=O) groups is 2. The molecule has 1 aromatic carbocycles. The van der Waals surface area contributed by atoms with Gasteiger partial charge < -0.3 is 14.0 Å². The van der Waals surface area contributed by atoms with Gasteiger partial charge in [-0.2, -0.15) is 0 Å². The van der Waals surface area contributed by atoms with Crippen LogP contribution in [-0.4, -0.2) is 35.9 Å². The van der Waals surface area contributed by atoms with Gasteiger partial charge in [0.25, 0.3) is 0 Å². The second-order valence-corrected chi connectivity index (χ2v) is 8.79. The number of carbonyl (C=O) groups excluding carboxylic acids is 2. The lowest BCUT2D eigenvalue weighted by Crippen LogP contribution is -2.45. The Labute approximate surface area is 165 Å². The number of hydrazine groups is 1. The van der Waals surface area contributed by atoms with Crippen molar-refractivity contribution >= 4 is 24.6 Å². The van der Waals surface area contributed by atoms with E-state index in [9.17, 15) is 14.0 Å².